The third kappa shape index (κ3) is 2.79. The molecule has 4 nitrogen and oxygen atoms in total. The first-order valence-corrected chi connectivity index (χ1v) is 6.85. The Morgan fingerprint density at radius 2 is 2.10 bits per heavy atom. The maximum absolute atomic E-state index is 12.1. The highest BCUT2D eigenvalue weighted by molar-refractivity contribution is 6.42. The quantitative estimate of drug-likeness (QED) is 0.869. The number of ketones is 1. The van der Waals surface area contributed by atoms with Crippen molar-refractivity contribution in [2.24, 2.45) is 11.8 Å². The summed E-state index contributed by atoms with van der Waals surface area (Å²) >= 11 is 11.8. The number of halogens is 2. The smallest absolute Gasteiger partial charge is 0.244 e. The molecule has 0 heterocycles. The fraction of sp³-hybridized carbons (Fsp3) is 0.357. The van der Waals surface area contributed by atoms with E-state index in [-0.39, 0.29) is 17.6 Å². The van der Waals surface area contributed by atoms with E-state index in [1.165, 1.54) is 7.05 Å². The topological polar surface area (TPSA) is 70.0 Å². The van der Waals surface area contributed by atoms with Crippen molar-refractivity contribution in [1.29, 1.82) is 5.26 Å². The molecule has 1 saturated carbocycles. The molecule has 0 aliphatic heterocycles. The number of hydrogen-bond donors (Lipinski definition) is 1. The monoisotopic (exact) mass is 310 g/mol. The number of benzene rings is 1. The first-order chi connectivity index (χ1) is 9.49. The van der Waals surface area contributed by atoms with Gasteiger partial charge in [0.25, 0.3) is 0 Å². The number of nitrogens with one attached hydrogen (secondary N) is 1. The Bertz CT molecular complexity index is 610. The van der Waals surface area contributed by atoms with Crippen molar-refractivity contribution < 1.29 is 9.59 Å². The minimum absolute atomic E-state index is 0.0118. The molecule has 0 spiro atoms. The van der Waals surface area contributed by atoms with Gasteiger partial charge in [0, 0.05) is 13.0 Å². The Morgan fingerprint density at radius 3 is 2.65 bits per heavy atom. The van der Waals surface area contributed by atoms with Gasteiger partial charge in [-0.25, -0.2) is 0 Å². The van der Waals surface area contributed by atoms with Crippen LogP contribution in [0.25, 0.3) is 0 Å². The van der Waals surface area contributed by atoms with E-state index >= 15 is 0 Å². The van der Waals surface area contributed by atoms with Crippen molar-refractivity contribution in [2.45, 2.75) is 12.3 Å². The van der Waals surface area contributed by atoms with Crippen molar-refractivity contribution >= 4 is 34.9 Å². The van der Waals surface area contributed by atoms with Gasteiger partial charge in [0.05, 0.1) is 16.1 Å². The second-order valence-corrected chi connectivity index (χ2v) is 5.52. The van der Waals surface area contributed by atoms with Crippen molar-refractivity contribution in [3.8, 4) is 6.07 Å². The van der Waals surface area contributed by atoms with Crippen LogP contribution in [0.3, 0.4) is 0 Å². The maximum Gasteiger partial charge on any atom is 0.244 e. The molecule has 1 aliphatic rings. The van der Waals surface area contributed by atoms with Gasteiger partial charge in [-0.15, -0.1) is 0 Å². The Morgan fingerprint density at radius 1 is 1.40 bits per heavy atom. The lowest BCUT2D eigenvalue weighted by molar-refractivity contribution is -0.132. The summed E-state index contributed by atoms with van der Waals surface area (Å²) in [6, 6.07) is 6.98. The average molecular weight is 311 g/mol. The van der Waals surface area contributed by atoms with E-state index in [4.69, 9.17) is 28.5 Å². The summed E-state index contributed by atoms with van der Waals surface area (Å²) in [5.41, 5.74) is 0.909. The molecule has 0 unspecified atom stereocenters. The highest BCUT2D eigenvalue weighted by Gasteiger charge is 2.47. The molecule has 1 fully saturated rings. The third-order valence-corrected chi connectivity index (χ3v) is 4.19. The fourth-order valence-corrected chi connectivity index (χ4v) is 2.54. The van der Waals surface area contributed by atoms with Crippen LogP contribution in [0.4, 0.5) is 0 Å². The van der Waals surface area contributed by atoms with Gasteiger partial charge < -0.3 is 5.32 Å². The number of amides is 1. The molecular formula is C14H12Cl2N2O2. The predicted octanol–water partition coefficient (Wildman–Crippen LogP) is 2.55. The third-order valence-electron chi connectivity index (χ3n) is 3.45. The van der Waals surface area contributed by atoms with Crippen LogP contribution < -0.4 is 5.32 Å². The minimum Gasteiger partial charge on any atom is -0.358 e. The number of hydrogen-bond acceptors (Lipinski definition) is 3. The highest BCUT2D eigenvalue weighted by atomic mass is 35.5. The summed E-state index contributed by atoms with van der Waals surface area (Å²) in [5.74, 6) is -2.41. The molecule has 6 heteroatoms. The van der Waals surface area contributed by atoms with Crippen molar-refractivity contribution in [3.05, 3.63) is 33.8 Å². The second-order valence-electron chi connectivity index (χ2n) is 4.70. The largest absolute Gasteiger partial charge is 0.358 e. The summed E-state index contributed by atoms with van der Waals surface area (Å²) in [6.07, 6.45) is 0.631. The number of Topliss-reactive ketones (excluding diaryl/α,β-unsaturated/α-hetero) is 1. The average Bonchev–Trinajstić information content (AvgIpc) is 3.22. The lowest BCUT2D eigenvalue weighted by atomic mass is 9.98. The molecule has 0 bridgehead atoms. The summed E-state index contributed by atoms with van der Waals surface area (Å²) in [4.78, 5) is 23.6. The Kier molecular flexibility index (Phi) is 4.32. The van der Waals surface area contributed by atoms with Gasteiger partial charge in [-0.3, -0.25) is 9.59 Å². The van der Waals surface area contributed by atoms with Crippen LogP contribution >= 0.6 is 23.2 Å². The molecule has 20 heavy (non-hydrogen) atoms. The number of rotatable bonds is 4. The van der Waals surface area contributed by atoms with Crippen LogP contribution in [-0.2, 0) is 9.59 Å². The zero-order valence-electron chi connectivity index (χ0n) is 10.7. The zero-order chi connectivity index (χ0) is 14.9. The van der Waals surface area contributed by atoms with E-state index in [2.05, 4.69) is 5.32 Å². The molecule has 104 valence electrons. The summed E-state index contributed by atoms with van der Waals surface area (Å²) in [6.45, 7) is 0. The van der Waals surface area contributed by atoms with E-state index in [9.17, 15) is 9.59 Å². The van der Waals surface area contributed by atoms with Crippen LogP contribution in [0.2, 0.25) is 10.0 Å². The minimum atomic E-state index is -1.24. The van der Waals surface area contributed by atoms with Crippen molar-refractivity contribution in [3.63, 3.8) is 0 Å². The normalized spacial score (nSPS) is 21.7. The molecule has 0 radical (unpaired) electrons. The molecule has 3 atom stereocenters. The van der Waals surface area contributed by atoms with Gasteiger partial charge in [0.15, 0.2) is 11.7 Å². The standard InChI is InChI=1S/C14H12Cl2N2O2/c1-18-14(20)10(6-17)13(19)9-5-8(9)7-2-3-11(15)12(16)4-7/h2-4,8-10H,5H2,1H3,(H,18,20)/t8-,9+,10+/m1/s1. The van der Waals surface area contributed by atoms with Crippen LogP contribution in [-0.4, -0.2) is 18.7 Å². The van der Waals surface area contributed by atoms with Gasteiger partial charge in [0.2, 0.25) is 5.91 Å². The fourth-order valence-electron chi connectivity index (χ4n) is 2.23. The summed E-state index contributed by atoms with van der Waals surface area (Å²) in [7, 11) is 1.41. The SMILES string of the molecule is CNC(=O)[C@@H](C#N)C(=O)[C@H]1C[C@@H]1c1ccc(Cl)c(Cl)c1. The van der Waals surface area contributed by atoms with Gasteiger partial charge in [-0.1, -0.05) is 29.3 Å². The van der Waals surface area contributed by atoms with E-state index in [0.717, 1.165) is 5.56 Å². The lowest BCUT2D eigenvalue weighted by Crippen LogP contribution is -2.33. The zero-order valence-corrected chi connectivity index (χ0v) is 12.2. The molecule has 2 rings (SSSR count). The van der Waals surface area contributed by atoms with Crippen LogP contribution in [0, 0.1) is 23.2 Å². The lowest BCUT2D eigenvalue weighted by Gasteiger charge is -2.06. The van der Waals surface area contributed by atoms with Gasteiger partial charge in [-0.2, -0.15) is 5.26 Å². The van der Waals surface area contributed by atoms with E-state index in [0.29, 0.717) is 16.5 Å². The predicted molar refractivity (Wildman–Crippen MR) is 75.5 cm³/mol. The van der Waals surface area contributed by atoms with Gasteiger partial charge in [-0.05, 0) is 30.0 Å². The Balaban J connectivity index is 2.11. The molecule has 1 amide bonds. The van der Waals surface area contributed by atoms with E-state index < -0.39 is 11.8 Å². The van der Waals surface area contributed by atoms with E-state index in [1.807, 2.05) is 6.07 Å². The first-order valence-electron chi connectivity index (χ1n) is 6.09. The van der Waals surface area contributed by atoms with E-state index in [1.54, 1.807) is 18.2 Å². The van der Waals surface area contributed by atoms with Crippen molar-refractivity contribution in [2.75, 3.05) is 7.05 Å². The van der Waals surface area contributed by atoms with Crippen LogP contribution in [0.1, 0.15) is 17.9 Å². The highest BCUT2D eigenvalue weighted by Crippen LogP contribution is 2.49. The number of nitrogens with zero attached hydrogens (tertiary/aromatic N) is 1. The molecular weight excluding hydrogens is 299 g/mol. The summed E-state index contributed by atoms with van der Waals surface area (Å²) in [5, 5.41) is 12.2. The maximum atomic E-state index is 12.1. The molecule has 0 aromatic heterocycles. The Hall–Kier alpha value is -1.57. The number of nitriles is 1. The van der Waals surface area contributed by atoms with Gasteiger partial charge in [0.1, 0.15) is 0 Å². The number of carbonyl (C=O) groups excluding carboxylic acids is 2. The van der Waals surface area contributed by atoms with Crippen LogP contribution in [0.5, 0.6) is 0 Å². The molecule has 1 aliphatic carbocycles. The number of carbonyl (C=O) groups is 2. The van der Waals surface area contributed by atoms with Crippen molar-refractivity contribution in [1.82, 2.24) is 5.32 Å². The second kappa shape index (κ2) is 5.82. The molecule has 1 aromatic carbocycles. The van der Waals surface area contributed by atoms with Gasteiger partial charge >= 0.3 is 0 Å². The molecule has 0 saturated heterocycles. The van der Waals surface area contributed by atoms with Crippen LogP contribution in [0.15, 0.2) is 18.2 Å². The molecule has 1 N–H and O–H groups in total. The molecule has 1 aromatic rings. The Labute approximate surface area is 126 Å². The summed E-state index contributed by atoms with van der Waals surface area (Å²) < 4.78 is 0. The first kappa shape index (κ1) is 14.8.